The molecule has 2 rings (SSSR count). The Balaban J connectivity index is 0.00000420. The minimum atomic E-state index is -3.06. The SMILES string of the molecule is CCOc1cccc(CNC(=NC)NCC2(CS(C)(=O)=O)CC2)c1OC(F)F.I. The quantitative estimate of drug-likeness (QED) is 0.266. The van der Waals surface area contributed by atoms with Gasteiger partial charge in [0.2, 0.25) is 0 Å². The summed E-state index contributed by atoms with van der Waals surface area (Å²) in [4.78, 5) is 4.10. The second-order valence-electron chi connectivity index (χ2n) is 6.91. The van der Waals surface area contributed by atoms with Crippen LogP contribution in [0.5, 0.6) is 11.5 Å². The van der Waals surface area contributed by atoms with Crippen LogP contribution in [0.1, 0.15) is 25.3 Å². The Labute approximate surface area is 187 Å². The van der Waals surface area contributed by atoms with Crippen molar-refractivity contribution in [1.29, 1.82) is 0 Å². The van der Waals surface area contributed by atoms with Gasteiger partial charge < -0.3 is 20.1 Å². The molecule has 1 aromatic carbocycles. The topological polar surface area (TPSA) is 89.0 Å². The molecule has 166 valence electrons. The first kappa shape index (κ1) is 25.7. The number of aliphatic imine (C=N–C) groups is 1. The highest BCUT2D eigenvalue weighted by molar-refractivity contribution is 14.0. The summed E-state index contributed by atoms with van der Waals surface area (Å²) in [6.45, 7) is -0.237. The van der Waals surface area contributed by atoms with E-state index in [0.717, 1.165) is 12.8 Å². The van der Waals surface area contributed by atoms with Gasteiger partial charge in [-0.2, -0.15) is 8.78 Å². The van der Waals surface area contributed by atoms with Gasteiger partial charge in [-0.05, 0) is 25.8 Å². The molecule has 1 saturated carbocycles. The zero-order valence-electron chi connectivity index (χ0n) is 16.7. The van der Waals surface area contributed by atoms with E-state index in [1.54, 1.807) is 32.2 Å². The maximum Gasteiger partial charge on any atom is 0.387 e. The molecule has 1 aliphatic rings. The molecule has 0 amide bonds. The lowest BCUT2D eigenvalue weighted by atomic mass is 10.1. The Morgan fingerprint density at radius 1 is 1.31 bits per heavy atom. The summed E-state index contributed by atoms with van der Waals surface area (Å²) in [7, 11) is -1.48. The Hall–Kier alpha value is -1.37. The lowest BCUT2D eigenvalue weighted by molar-refractivity contribution is -0.0520. The number of nitrogens with zero attached hydrogens (tertiary/aromatic N) is 1. The Morgan fingerprint density at radius 2 is 2.00 bits per heavy atom. The van der Waals surface area contributed by atoms with Gasteiger partial charge in [-0.1, -0.05) is 12.1 Å². The van der Waals surface area contributed by atoms with Crippen LogP contribution in [-0.4, -0.2) is 53.2 Å². The maximum absolute atomic E-state index is 12.8. The number of alkyl halides is 2. The van der Waals surface area contributed by atoms with Crippen LogP contribution in [0, 0.1) is 5.41 Å². The Kier molecular flexibility index (Phi) is 9.86. The fraction of sp³-hybridized carbons (Fsp3) is 0.611. The molecule has 1 fully saturated rings. The number of halogens is 3. The number of ether oxygens (including phenoxy) is 2. The van der Waals surface area contributed by atoms with Crippen molar-refractivity contribution in [3.8, 4) is 11.5 Å². The third-order valence-electron chi connectivity index (χ3n) is 4.39. The van der Waals surface area contributed by atoms with Crippen molar-refractivity contribution in [2.75, 3.05) is 32.2 Å². The predicted octanol–water partition coefficient (Wildman–Crippen LogP) is 2.79. The van der Waals surface area contributed by atoms with Gasteiger partial charge in [0.1, 0.15) is 9.84 Å². The van der Waals surface area contributed by atoms with Crippen LogP contribution in [0.2, 0.25) is 0 Å². The molecule has 0 aromatic heterocycles. The van der Waals surface area contributed by atoms with Gasteiger partial charge in [0, 0.05) is 37.4 Å². The first-order chi connectivity index (χ1) is 13.2. The number of benzene rings is 1. The van der Waals surface area contributed by atoms with Crippen LogP contribution in [-0.2, 0) is 16.4 Å². The van der Waals surface area contributed by atoms with Gasteiger partial charge in [0.05, 0.1) is 12.4 Å². The van der Waals surface area contributed by atoms with E-state index >= 15 is 0 Å². The zero-order chi connectivity index (χ0) is 20.8. The molecule has 11 heteroatoms. The van der Waals surface area contributed by atoms with Gasteiger partial charge >= 0.3 is 6.61 Å². The van der Waals surface area contributed by atoms with E-state index in [1.165, 1.54) is 6.26 Å². The first-order valence-corrected chi connectivity index (χ1v) is 11.1. The van der Waals surface area contributed by atoms with Crippen molar-refractivity contribution in [2.45, 2.75) is 32.9 Å². The predicted molar refractivity (Wildman–Crippen MR) is 119 cm³/mol. The third kappa shape index (κ3) is 8.49. The molecular formula is C18H28F2IN3O4S. The summed E-state index contributed by atoms with van der Waals surface area (Å²) < 4.78 is 58.7. The molecule has 0 bridgehead atoms. The third-order valence-corrected chi connectivity index (χ3v) is 5.53. The fourth-order valence-corrected chi connectivity index (χ4v) is 4.47. The van der Waals surface area contributed by atoms with E-state index in [-0.39, 0.29) is 53.2 Å². The van der Waals surface area contributed by atoms with Crippen molar-refractivity contribution < 1.29 is 26.7 Å². The molecule has 2 N–H and O–H groups in total. The number of hydrogen-bond donors (Lipinski definition) is 2. The Morgan fingerprint density at radius 3 is 2.52 bits per heavy atom. The average molecular weight is 547 g/mol. The molecular weight excluding hydrogens is 519 g/mol. The molecule has 7 nitrogen and oxygen atoms in total. The molecule has 0 radical (unpaired) electrons. The number of para-hydroxylation sites is 1. The normalized spacial score (nSPS) is 15.4. The highest BCUT2D eigenvalue weighted by Crippen LogP contribution is 2.46. The highest BCUT2D eigenvalue weighted by Gasteiger charge is 2.45. The lowest BCUT2D eigenvalue weighted by Crippen LogP contribution is -2.41. The van der Waals surface area contributed by atoms with Gasteiger partial charge in [-0.15, -0.1) is 24.0 Å². The van der Waals surface area contributed by atoms with Crippen molar-refractivity contribution >= 4 is 39.8 Å². The van der Waals surface area contributed by atoms with E-state index in [1.807, 2.05) is 0 Å². The highest BCUT2D eigenvalue weighted by atomic mass is 127. The van der Waals surface area contributed by atoms with E-state index in [4.69, 9.17) is 4.74 Å². The largest absolute Gasteiger partial charge is 0.490 e. The molecule has 1 aromatic rings. The van der Waals surface area contributed by atoms with Gasteiger partial charge in [0.15, 0.2) is 17.5 Å². The first-order valence-electron chi connectivity index (χ1n) is 9.00. The smallest absolute Gasteiger partial charge is 0.387 e. The summed E-state index contributed by atoms with van der Waals surface area (Å²) in [5, 5.41) is 6.16. The summed E-state index contributed by atoms with van der Waals surface area (Å²) >= 11 is 0. The average Bonchev–Trinajstić information content (AvgIpc) is 3.35. The number of sulfone groups is 1. The second kappa shape index (κ2) is 11.1. The van der Waals surface area contributed by atoms with Crippen LogP contribution < -0.4 is 20.1 Å². The molecule has 0 unspecified atom stereocenters. The fourth-order valence-electron chi connectivity index (χ4n) is 2.97. The monoisotopic (exact) mass is 547 g/mol. The van der Waals surface area contributed by atoms with Crippen molar-refractivity contribution in [2.24, 2.45) is 10.4 Å². The molecule has 1 aliphatic carbocycles. The maximum atomic E-state index is 12.8. The number of guanidine groups is 1. The number of nitrogens with one attached hydrogen (secondary N) is 2. The van der Waals surface area contributed by atoms with Crippen LogP contribution in [0.15, 0.2) is 23.2 Å². The minimum Gasteiger partial charge on any atom is -0.490 e. The molecule has 29 heavy (non-hydrogen) atoms. The van der Waals surface area contributed by atoms with Gasteiger partial charge in [0.25, 0.3) is 0 Å². The summed E-state index contributed by atoms with van der Waals surface area (Å²) in [5.74, 6) is 0.810. The zero-order valence-corrected chi connectivity index (χ0v) is 19.9. The van der Waals surface area contributed by atoms with E-state index in [0.29, 0.717) is 24.7 Å². The molecule has 0 saturated heterocycles. The molecule has 0 heterocycles. The minimum absolute atomic E-state index is 0. The van der Waals surface area contributed by atoms with Crippen LogP contribution in [0.3, 0.4) is 0 Å². The van der Waals surface area contributed by atoms with Crippen LogP contribution in [0.25, 0.3) is 0 Å². The van der Waals surface area contributed by atoms with E-state index in [2.05, 4.69) is 20.4 Å². The summed E-state index contributed by atoms with van der Waals surface area (Å²) in [6.07, 6.45) is 2.91. The van der Waals surface area contributed by atoms with E-state index in [9.17, 15) is 17.2 Å². The molecule has 0 spiro atoms. The number of rotatable bonds is 10. The standard InChI is InChI=1S/C18H27F2N3O4S.HI/c1-4-26-14-7-5-6-13(15(14)27-16(19)20)10-22-17(21-2)23-11-18(8-9-18)12-28(3,24)25;/h5-7,16H,4,8-12H2,1-3H3,(H2,21,22,23);1H. The van der Waals surface area contributed by atoms with Crippen LogP contribution >= 0.6 is 24.0 Å². The lowest BCUT2D eigenvalue weighted by Gasteiger charge is -2.19. The Bertz CT molecular complexity index is 802. The van der Waals surface area contributed by atoms with Gasteiger partial charge in [-0.25, -0.2) is 8.42 Å². The second-order valence-corrected chi connectivity index (χ2v) is 9.05. The van der Waals surface area contributed by atoms with Gasteiger partial charge in [-0.3, -0.25) is 4.99 Å². The van der Waals surface area contributed by atoms with Crippen molar-refractivity contribution in [3.05, 3.63) is 23.8 Å². The summed E-state index contributed by atoms with van der Waals surface area (Å²) in [5.41, 5.74) is 0.232. The van der Waals surface area contributed by atoms with E-state index < -0.39 is 16.4 Å². The number of hydrogen-bond acceptors (Lipinski definition) is 5. The molecule has 0 atom stereocenters. The van der Waals surface area contributed by atoms with Crippen molar-refractivity contribution in [3.63, 3.8) is 0 Å². The van der Waals surface area contributed by atoms with Crippen molar-refractivity contribution in [1.82, 2.24) is 10.6 Å². The molecule has 0 aliphatic heterocycles. The summed E-state index contributed by atoms with van der Waals surface area (Å²) in [6, 6.07) is 4.92. The van der Waals surface area contributed by atoms with Crippen LogP contribution in [0.4, 0.5) is 8.78 Å².